The number of ether oxygens (including phenoxy) is 1. The molecule has 1 saturated carbocycles. The van der Waals surface area contributed by atoms with Crippen LogP contribution >= 0.6 is 0 Å². The summed E-state index contributed by atoms with van der Waals surface area (Å²) < 4.78 is 5.00. The molecule has 1 unspecified atom stereocenters. The van der Waals surface area contributed by atoms with E-state index in [0.717, 1.165) is 17.7 Å². The van der Waals surface area contributed by atoms with E-state index in [9.17, 15) is 9.59 Å². The SMILES string of the molecule is Cc1ccc([C@@H]2C[C@H]2NC(=O)NC(C)c2cccc(N3CCOC3=O)c2)cc1. The minimum absolute atomic E-state index is 0.168. The van der Waals surface area contributed by atoms with Crippen molar-refractivity contribution in [3.8, 4) is 0 Å². The smallest absolute Gasteiger partial charge is 0.414 e. The molecule has 0 bridgehead atoms. The van der Waals surface area contributed by atoms with E-state index >= 15 is 0 Å². The van der Waals surface area contributed by atoms with Crippen LogP contribution in [0.15, 0.2) is 48.5 Å². The summed E-state index contributed by atoms with van der Waals surface area (Å²) in [5.74, 6) is 0.395. The van der Waals surface area contributed by atoms with Crippen molar-refractivity contribution >= 4 is 17.8 Å². The van der Waals surface area contributed by atoms with Crippen LogP contribution in [0.4, 0.5) is 15.3 Å². The third-order valence-electron chi connectivity index (χ3n) is 5.40. The lowest BCUT2D eigenvalue weighted by Crippen LogP contribution is -2.38. The van der Waals surface area contributed by atoms with Gasteiger partial charge in [-0.3, -0.25) is 4.90 Å². The Labute approximate surface area is 164 Å². The molecule has 1 aliphatic carbocycles. The molecule has 2 aromatic rings. The number of amides is 3. The molecule has 0 spiro atoms. The van der Waals surface area contributed by atoms with Crippen LogP contribution in [-0.4, -0.2) is 31.3 Å². The van der Waals surface area contributed by atoms with Gasteiger partial charge in [0.2, 0.25) is 0 Å². The number of hydrogen-bond donors (Lipinski definition) is 2. The third-order valence-corrected chi connectivity index (χ3v) is 5.40. The molecule has 3 amide bonds. The van der Waals surface area contributed by atoms with Crippen molar-refractivity contribution in [2.24, 2.45) is 0 Å². The molecule has 4 rings (SSSR count). The molecule has 2 fully saturated rings. The fourth-order valence-corrected chi connectivity index (χ4v) is 3.62. The Kier molecular flexibility index (Phi) is 4.94. The average Bonchev–Trinajstić information content (AvgIpc) is 3.30. The fourth-order valence-electron chi connectivity index (χ4n) is 3.62. The Hall–Kier alpha value is -3.02. The first-order chi connectivity index (χ1) is 13.5. The zero-order valence-electron chi connectivity index (χ0n) is 16.1. The maximum atomic E-state index is 12.4. The first-order valence-electron chi connectivity index (χ1n) is 9.69. The van der Waals surface area contributed by atoms with E-state index in [0.29, 0.717) is 19.1 Å². The highest BCUT2D eigenvalue weighted by Gasteiger charge is 2.39. The number of nitrogens with zero attached hydrogens (tertiary/aromatic N) is 1. The molecule has 2 N–H and O–H groups in total. The molecule has 2 aliphatic rings. The lowest BCUT2D eigenvalue weighted by molar-refractivity contribution is 0.181. The Morgan fingerprint density at radius 2 is 2.00 bits per heavy atom. The number of urea groups is 1. The normalized spacial score (nSPS) is 21.8. The summed E-state index contributed by atoms with van der Waals surface area (Å²) in [6, 6.07) is 16.0. The molecule has 146 valence electrons. The minimum Gasteiger partial charge on any atom is -0.447 e. The predicted molar refractivity (Wildman–Crippen MR) is 108 cm³/mol. The van der Waals surface area contributed by atoms with E-state index in [4.69, 9.17) is 4.74 Å². The van der Waals surface area contributed by atoms with Gasteiger partial charge in [0.25, 0.3) is 0 Å². The van der Waals surface area contributed by atoms with Gasteiger partial charge in [-0.2, -0.15) is 0 Å². The molecule has 0 radical (unpaired) electrons. The second kappa shape index (κ2) is 7.54. The number of hydrogen-bond acceptors (Lipinski definition) is 3. The molecule has 6 nitrogen and oxygen atoms in total. The molecule has 1 heterocycles. The van der Waals surface area contributed by atoms with Gasteiger partial charge in [-0.05, 0) is 43.5 Å². The highest BCUT2D eigenvalue weighted by molar-refractivity contribution is 5.89. The van der Waals surface area contributed by atoms with E-state index in [1.165, 1.54) is 11.1 Å². The van der Waals surface area contributed by atoms with Crippen molar-refractivity contribution in [2.45, 2.75) is 38.3 Å². The summed E-state index contributed by atoms with van der Waals surface area (Å²) in [7, 11) is 0. The van der Waals surface area contributed by atoms with Crippen LogP contribution in [0, 0.1) is 6.92 Å². The van der Waals surface area contributed by atoms with Crippen LogP contribution in [0.1, 0.15) is 42.0 Å². The molecule has 0 aromatic heterocycles. The van der Waals surface area contributed by atoms with Crippen LogP contribution in [0.3, 0.4) is 0 Å². The predicted octanol–water partition coefficient (Wildman–Crippen LogP) is 3.87. The Balaban J connectivity index is 1.32. The number of aryl methyl sites for hydroxylation is 1. The molecule has 3 atom stereocenters. The summed E-state index contributed by atoms with van der Waals surface area (Å²) in [6.07, 6.45) is 0.642. The number of carbonyl (C=O) groups excluding carboxylic acids is 2. The van der Waals surface area contributed by atoms with Gasteiger partial charge in [0.05, 0.1) is 12.6 Å². The third kappa shape index (κ3) is 3.96. The number of anilines is 1. The van der Waals surface area contributed by atoms with Crippen molar-refractivity contribution in [3.05, 3.63) is 65.2 Å². The highest BCUT2D eigenvalue weighted by atomic mass is 16.6. The molecule has 2 aromatic carbocycles. The topological polar surface area (TPSA) is 70.7 Å². The van der Waals surface area contributed by atoms with Crippen molar-refractivity contribution < 1.29 is 14.3 Å². The lowest BCUT2D eigenvalue weighted by atomic mass is 10.1. The first-order valence-corrected chi connectivity index (χ1v) is 9.69. The summed E-state index contributed by atoms with van der Waals surface area (Å²) in [4.78, 5) is 25.8. The maximum absolute atomic E-state index is 12.4. The summed E-state index contributed by atoms with van der Waals surface area (Å²) in [5, 5.41) is 6.05. The second-order valence-electron chi connectivity index (χ2n) is 7.56. The molecule has 6 heteroatoms. The zero-order chi connectivity index (χ0) is 19.7. The van der Waals surface area contributed by atoms with E-state index in [2.05, 4.69) is 41.8 Å². The van der Waals surface area contributed by atoms with Crippen LogP contribution in [-0.2, 0) is 4.74 Å². The van der Waals surface area contributed by atoms with Crippen LogP contribution < -0.4 is 15.5 Å². The molecule has 1 aliphatic heterocycles. The van der Waals surface area contributed by atoms with Crippen LogP contribution in [0.25, 0.3) is 0 Å². The lowest BCUT2D eigenvalue weighted by Gasteiger charge is -2.18. The largest absolute Gasteiger partial charge is 0.447 e. The van der Waals surface area contributed by atoms with Crippen LogP contribution in [0.5, 0.6) is 0 Å². The van der Waals surface area contributed by atoms with Crippen LogP contribution in [0.2, 0.25) is 0 Å². The number of rotatable bonds is 5. The number of nitrogens with one attached hydrogen (secondary N) is 2. The Morgan fingerprint density at radius 3 is 2.71 bits per heavy atom. The van der Waals surface area contributed by atoms with Gasteiger partial charge in [-0.25, -0.2) is 9.59 Å². The van der Waals surface area contributed by atoms with Crippen molar-refractivity contribution in [2.75, 3.05) is 18.1 Å². The molecule has 1 saturated heterocycles. The number of benzene rings is 2. The standard InChI is InChI=1S/C22H25N3O3/c1-14-6-8-16(9-7-14)19-13-20(19)24-21(26)23-15(2)17-4-3-5-18(12-17)25-10-11-28-22(25)27/h3-9,12,15,19-20H,10-11,13H2,1-2H3,(H2,23,24,26)/t15?,19-,20+/m0/s1. The van der Waals surface area contributed by atoms with E-state index in [-0.39, 0.29) is 24.2 Å². The van der Waals surface area contributed by atoms with Gasteiger partial charge in [-0.15, -0.1) is 0 Å². The second-order valence-corrected chi connectivity index (χ2v) is 7.56. The van der Waals surface area contributed by atoms with Gasteiger partial charge in [-0.1, -0.05) is 42.0 Å². The Bertz CT molecular complexity index is 881. The summed E-state index contributed by atoms with van der Waals surface area (Å²) in [5.41, 5.74) is 4.24. The summed E-state index contributed by atoms with van der Waals surface area (Å²) in [6.45, 7) is 4.96. The Morgan fingerprint density at radius 1 is 1.21 bits per heavy atom. The van der Waals surface area contributed by atoms with Gasteiger partial charge >= 0.3 is 12.1 Å². The highest BCUT2D eigenvalue weighted by Crippen LogP contribution is 2.40. The van der Waals surface area contributed by atoms with Crippen molar-refractivity contribution in [1.82, 2.24) is 10.6 Å². The number of carbonyl (C=O) groups is 2. The van der Waals surface area contributed by atoms with Gasteiger partial charge < -0.3 is 15.4 Å². The van der Waals surface area contributed by atoms with Crippen molar-refractivity contribution in [3.63, 3.8) is 0 Å². The van der Waals surface area contributed by atoms with E-state index in [1.807, 2.05) is 31.2 Å². The first kappa shape index (κ1) is 18.3. The molecule has 28 heavy (non-hydrogen) atoms. The fraction of sp³-hybridized carbons (Fsp3) is 0.364. The molecular weight excluding hydrogens is 354 g/mol. The van der Waals surface area contributed by atoms with E-state index in [1.54, 1.807) is 4.90 Å². The quantitative estimate of drug-likeness (QED) is 0.829. The maximum Gasteiger partial charge on any atom is 0.414 e. The van der Waals surface area contributed by atoms with Gasteiger partial charge in [0.15, 0.2) is 0 Å². The zero-order valence-corrected chi connectivity index (χ0v) is 16.1. The van der Waals surface area contributed by atoms with Crippen molar-refractivity contribution in [1.29, 1.82) is 0 Å². The summed E-state index contributed by atoms with van der Waals surface area (Å²) >= 11 is 0. The number of cyclic esters (lactones) is 1. The van der Waals surface area contributed by atoms with E-state index < -0.39 is 0 Å². The monoisotopic (exact) mass is 379 g/mol. The van der Waals surface area contributed by atoms with Gasteiger partial charge in [0.1, 0.15) is 6.61 Å². The van der Waals surface area contributed by atoms with Gasteiger partial charge in [0, 0.05) is 17.6 Å². The minimum atomic E-state index is -0.327. The average molecular weight is 379 g/mol. The molecular formula is C22H25N3O3.